The Morgan fingerprint density at radius 3 is 1.08 bits per heavy atom. The zero-order valence-corrected chi connectivity index (χ0v) is 26.4. The third-order valence-corrected chi connectivity index (χ3v) is 6.24. The number of nitrogens with zero attached hydrogens (tertiary/aromatic N) is 6. The Balaban J connectivity index is 0.00000142. The topological polar surface area (TPSA) is 53.5 Å². The van der Waals surface area contributed by atoms with Crippen LogP contribution in [0.4, 0.5) is 0 Å². The second-order valence-corrected chi connectivity index (χ2v) is 9.84. The van der Waals surface area contributed by atoms with Gasteiger partial charge in [-0.2, -0.15) is 21.9 Å². The van der Waals surface area contributed by atoms with Crippen molar-refractivity contribution < 1.29 is 17.1 Å². The van der Waals surface area contributed by atoms with Crippen molar-refractivity contribution >= 4 is 0 Å². The van der Waals surface area contributed by atoms with Gasteiger partial charge in [0.1, 0.15) is 0 Å². The van der Waals surface area contributed by atoms with E-state index in [0.29, 0.717) is 0 Å². The zero-order chi connectivity index (χ0) is 27.9. The molecule has 0 bridgehead atoms. The summed E-state index contributed by atoms with van der Waals surface area (Å²) in [6, 6.07) is 6.87. The molecule has 0 amide bonds. The van der Waals surface area contributed by atoms with Gasteiger partial charge in [-0.15, -0.1) is 0 Å². The van der Waals surface area contributed by atoms with Gasteiger partial charge in [-0.25, -0.2) is 12.2 Å². The Kier molecular flexibility index (Phi) is 16.6. The minimum absolute atomic E-state index is 0. The molecule has 0 aliphatic carbocycles. The van der Waals surface area contributed by atoms with Gasteiger partial charge in [0.2, 0.25) is 0 Å². The summed E-state index contributed by atoms with van der Waals surface area (Å²) in [6.45, 7) is 21.5. The van der Waals surface area contributed by atoms with E-state index in [1.807, 2.05) is 0 Å². The molecule has 0 aromatic carbocycles. The van der Waals surface area contributed by atoms with Gasteiger partial charge in [0.05, 0.1) is 17.1 Å². The maximum atomic E-state index is 5.14. The fraction of sp³-hybridized carbons (Fsp3) is 0.562. The van der Waals surface area contributed by atoms with Crippen LogP contribution in [0.2, 0.25) is 0 Å². The van der Waals surface area contributed by atoms with Crippen LogP contribution in [-0.4, -0.2) is 29.3 Å². The molecule has 0 aliphatic rings. The van der Waals surface area contributed by atoms with Crippen molar-refractivity contribution in [2.75, 3.05) is 0 Å². The van der Waals surface area contributed by atoms with Gasteiger partial charge in [0.15, 0.2) is 6.29 Å². The smallest absolute Gasteiger partial charge is 0.293 e. The molecule has 7 heteroatoms. The predicted molar refractivity (Wildman–Crippen MR) is 159 cm³/mol. The minimum Gasteiger partial charge on any atom is -0.293 e. The average Bonchev–Trinajstić information content (AvgIpc) is 3.60. The van der Waals surface area contributed by atoms with Crippen LogP contribution in [0.5, 0.6) is 0 Å². The molecular formula is C32H50MnN6. The number of hydrogen-bond acceptors (Lipinski definition) is 3. The third-order valence-electron chi connectivity index (χ3n) is 6.24. The van der Waals surface area contributed by atoms with E-state index in [9.17, 15) is 0 Å². The number of aromatic nitrogens is 6. The summed E-state index contributed by atoms with van der Waals surface area (Å²) in [6.07, 6.45) is 16.3. The first kappa shape index (κ1) is 34.5. The molecule has 0 saturated heterocycles. The molecule has 0 spiro atoms. The van der Waals surface area contributed by atoms with Gasteiger partial charge in [-0.1, -0.05) is 98.3 Å². The first-order chi connectivity index (χ1) is 18.5. The molecule has 6 nitrogen and oxygen atoms in total. The standard InChI is InChI=1S/C28H45N6.C4H5.Mn/c1-7-13-22-19-25(16-10-4)32(29-22)28(33-26(17-11-5)20-23(30-33)14-8-2)34-27(18-12-6)21-24(31-34)15-9-3;1-3-4-2;/h19-21H,7-18H2,1-6H3;1,3-4H,2H2;/q2*-1;+2. The summed E-state index contributed by atoms with van der Waals surface area (Å²) in [5.74, 6) is 0. The fourth-order valence-electron chi connectivity index (χ4n) is 4.65. The van der Waals surface area contributed by atoms with Crippen LogP contribution in [0.1, 0.15) is 114 Å². The molecule has 0 aliphatic heterocycles. The van der Waals surface area contributed by atoms with E-state index < -0.39 is 0 Å². The molecule has 1 radical (unpaired) electrons. The van der Waals surface area contributed by atoms with Crippen molar-refractivity contribution in [3.05, 3.63) is 84.0 Å². The molecule has 0 atom stereocenters. The summed E-state index contributed by atoms with van der Waals surface area (Å²) >= 11 is 0. The van der Waals surface area contributed by atoms with Crippen LogP contribution in [0.15, 0.2) is 36.9 Å². The Hall–Kier alpha value is -2.50. The van der Waals surface area contributed by atoms with Gasteiger partial charge in [0.25, 0.3) is 0 Å². The maximum absolute atomic E-state index is 5.14. The number of hydrogen-bond donors (Lipinski definition) is 0. The molecule has 3 aromatic rings. The zero-order valence-electron chi connectivity index (χ0n) is 25.2. The van der Waals surface area contributed by atoms with Gasteiger partial charge in [-0.05, 0) is 55.6 Å². The van der Waals surface area contributed by atoms with E-state index in [0.717, 1.165) is 100 Å². The van der Waals surface area contributed by atoms with Crippen LogP contribution in [-0.2, 0) is 55.6 Å². The number of rotatable bonds is 16. The predicted octanol–water partition coefficient (Wildman–Crippen LogP) is 7.54. The van der Waals surface area contributed by atoms with E-state index in [2.05, 4.69) is 80.4 Å². The molecule has 0 saturated carbocycles. The third kappa shape index (κ3) is 9.58. The van der Waals surface area contributed by atoms with Gasteiger partial charge < -0.3 is 0 Å². The van der Waals surface area contributed by atoms with Crippen LogP contribution < -0.4 is 0 Å². The van der Waals surface area contributed by atoms with Crippen molar-refractivity contribution in [3.8, 4) is 0 Å². The maximum Gasteiger partial charge on any atom is 2.00 e. The van der Waals surface area contributed by atoms with Gasteiger partial charge in [0, 0.05) is 0 Å². The molecule has 3 aromatic heterocycles. The molecule has 3 heterocycles. The van der Waals surface area contributed by atoms with E-state index in [1.54, 1.807) is 0 Å². The Labute approximate surface area is 248 Å². The molecular weight excluding hydrogens is 523 g/mol. The Bertz CT molecular complexity index is 971. The molecule has 0 N–H and O–H groups in total. The number of allylic oxidation sites excluding steroid dienone is 2. The summed E-state index contributed by atoms with van der Waals surface area (Å²) in [5, 5.41) is 15.4. The molecule has 0 fully saturated rings. The first-order valence-electron chi connectivity index (χ1n) is 14.8. The van der Waals surface area contributed by atoms with Crippen LogP contribution >= 0.6 is 0 Å². The van der Waals surface area contributed by atoms with Gasteiger partial charge >= 0.3 is 17.1 Å². The van der Waals surface area contributed by atoms with E-state index >= 15 is 0 Å². The number of aryl methyl sites for hydroxylation is 6. The monoisotopic (exact) mass is 573 g/mol. The molecule has 215 valence electrons. The largest absolute Gasteiger partial charge is 2.00 e. The van der Waals surface area contributed by atoms with Crippen molar-refractivity contribution in [1.29, 1.82) is 0 Å². The Morgan fingerprint density at radius 1 is 0.615 bits per heavy atom. The van der Waals surface area contributed by atoms with E-state index in [4.69, 9.17) is 21.9 Å². The van der Waals surface area contributed by atoms with E-state index in [1.165, 1.54) is 29.2 Å². The second-order valence-electron chi connectivity index (χ2n) is 9.84. The van der Waals surface area contributed by atoms with Crippen LogP contribution in [0.3, 0.4) is 0 Å². The summed E-state index contributed by atoms with van der Waals surface area (Å²) in [5.41, 5.74) is 7.18. The van der Waals surface area contributed by atoms with Crippen molar-refractivity contribution in [3.63, 3.8) is 0 Å². The second kappa shape index (κ2) is 18.7. The normalized spacial score (nSPS) is 10.5. The molecule has 0 unspecified atom stereocenters. The van der Waals surface area contributed by atoms with Crippen molar-refractivity contribution in [2.45, 2.75) is 119 Å². The van der Waals surface area contributed by atoms with Crippen LogP contribution in [0.25, 0.3) is 0 Å². The molecule has 3 rings (SSSR count). The van der Waals surface area contributed by atoms with Crippen molar-refractivity contribution in [1.82, 2.24) is 29.3 Å². The molecule has 39 heavy (non-hydrogen) atoms. The average molecular weight is 574 g/mol. The quantitative estimate of drug-likeness (QED) is 0.101. The summed E-state index contributed by atoms with van der Waals surface area (Å²) < 4.78 is 6.45. The summed E-state index contributed by atoms with van der Waals surface area (Å²) in [7, 11) is 0. The van der Waals surface area contributed by atoms with E-state index in [-0.39, 0.29) is 17.1 Å². The fourth-order valence-corrected chi connectivity index (χ4v) is 4.65. The van der Waals surface area contributed by atoms with Crippen molar-refractivity contribution in [2.24, 2.45) is 0 Å². The van der Waals surface area contributed by atoms with Crippen LogP contribution in [0, 0.1) is 12.9 Å². The Morgan fingerprint density at radius 2 is 0.872 bits per heavy atom. The summed E-state index contributed by atoms with van der Waals surface area (Å²) in [4.78, 5) is 0. The van der Waals surface area contributed by atoms with Gasteiger partial charge in [-0.3, -0.25) is 20.6 Å². The SMILES string of the molecule is CCCc1cc(CCC)n([C-](n2nc(CCC)cc2CCC)n2nc(CCC)cc2CCC)n1.[CH-]=CC=C.[Mn+2]. The minimum atomic E-state index is 0. The first-order valence-corrected chi connectivity index (χ1v) is 14.8.